The summed E-state index contributed by atoms with van der Waals surface area (Å²) in [5, 5.41) is 7.96. The van der Waals surface area contributed by atoms with Gasteiger partial charge in [0.2, 0.25) is 0 Å². The lowest BCUT2D eigenvalue weighted by atomic mass is 10.2. The summed E-state index contributed by atoms with van der Waals surface area (Å²) in [5.41, 5.74) is 1.41. The van der Waals surface area contributed by atoms with Gasteiger partial charge in [-0.25, -0.2) is 4.98 Å². The zero-order valence-corrected chi connectivity index (χ0v) is 19.3. The highest BCUT2D eigenvalue weighted by molar-refractivity contribution is 7.11. The van der Waals surface area contributed by atoms with Crippen molar-refractivity contribution in [1.29, 1.82) is 0 Å². The number of rotatable bonds is 10. The molecule has 1 saturated heterocycles. The van der Waals surface area contributed by atoms with Crippen LogP contribution >= 0.6 is 11.3 Å². The SMILES string of the molecule is CCNC(=NCCCN1CCN(Cc2ccccc2)CC1)NCCc1ncc(C)s1. The molecule has 0 atom stereocenters. The van der Waals surface area contributed by atoms with Crippen molar-refractivity contribution in [2.45, 2.75) is 33.2 Å². The van der Waals surface area contributed by atoms with E-state index in [1.165, 1.54) is 15.4 Å². The Kier molecular flexibility index (Phi) is 9.60. The minimum atomic E-state index is 0.857. The first kappa shape index (κ1) is 22.7. The van der Waals surface area contributed by atoms with Crippen LogP contribution in [0.3, 0.4) is 0 Å². The van der Waals surface area contributed by atoms with Crippen LogP contribution in [0.15, 0.2) is 41.5 Å². The Hall–Kier alpha value is -1.96. The molecule has 1 aliphatic heterocycles. The summed E-state index contributed by atoms with van der Waals surface area (Å²) in [5.74, 6) is 0.915. The number of thiazole rings is 1. The Morgan fingerprint density at radius 3 is 2.57 bits per heavy atom. The molecule has 1 fully saturated rings. The van der Waals surface area contributed by atoms with E-state index in [-0.39, 0.29) is 0 Å². The number of aryl methyl sites for hydroxylation is 1. The number of aliphatic imine (C=N–C) groups is 1. The molecule has 0 saturated carbocycles. The van der Waals surface area contributed by atoms with Crippen molar-refractivity contribution in [3.05, 3.63) is 52.0 Å². The molecule has 0 amide bonds. The maximum Gasteiger partial charge on any atom is 0.191 e. The van der Waals surface area contributed by atoms with Gasteiger partial charge in [-0.1, -0.05) is 30.3 Å². The molecule has 7 heteroatoms. The number of benzene rings is 1. The van der Waals surface area contributed by atoms with Crippen LogP contribution in [0, 0.1) is 6.92 Å². The number of nitrogens with zero attached hydrogens (tertiary/aromatic N) is 4. The maximum absolute atomic E-state index is 4.75. The highest BCUT2D eigenvalue weighted by Gasteiger charge is 2.16. The second-order valence-electron chi connectivity index (χ2n) is 7.76. The van der Waals surface area contributed by atoms with Crippen molar-refractivity contribution >= 4 is 17.3 Å². The van der Waals surface area contributed by atoms with Gasteiger partial charge >= 0.3 is 0 Å². The van der Waals surface area contributed by atoms with Gasteiger partial charge in [0.15, 0.2) is 5.96 Å². The number of hydrogen-bond donors (Lipinski definition) is 2. The summed E-state index contributed by atoms with van der Waals surface area (Å²) in [6, 6.07) is 10.8. The standard InChI is InChI=1S/C23H36N6S/c1-3-24-23(26-12-10-22-27-18-20(2)30-22)25-11-7-13-28-14-16-29(17-15-28)19-21-8-5-4-6-9-21/h4-6,8-9,18H,3,7,10-17,19H2,1-2H3,(H2,24,25,26). The molecular weight excluding hydrogens is 392 g/mol. The molecule has 164 valence electrons. The second kappa shape index (κ2) is 12.7. The van der Waals surface area contributed by atoms with Gasteiger partial charge in [-0.2, -0.15) is 0 Å². The Labute approximate surface area is 185 Å². The smallest absolute Gasteiger partial charge is 0.191 e. The average molecular weight is 429 g/mol. The van der Waals surface area contributed by atoms with Gasteiger partial charge in [0.25, 0.3) is 0 Å². The number of aromatic nitrogens is 1. The van der Waals surface area contributed by atoms with Gasteiger partial charge in [-0.05, 0) is 25.8 Å². The monoisotopic (exact) mass is 428 g/mol. The molecule has 2 aromatic rings. The van der Waals surface area contributed by atoms with Crippen LogP contribution in [0.1, 0.15) is 28.8 Å². The first-order valence-electron chi connectivity index (χ1n) is 11.1. The van der Waals surface area contributed by atoms with E-state index in [9.17, 15) is 0 Å². The first-order valence-corrected chi connectivity index (χ1v) is 12.0. The van der Waals surface area contributed by atoms with Gasteiger partial charge in [0.05, 0.1) is 5.01 Å². The van der Waals surface area contributed by atoms with Crippen molar-refractivity contribution < 1.29 is 0 Å². The predicted octanol–water partition coefficient (Wildman–Crippen LogP) is 2.76. The average Bonchev–Trinajstić information content (AvgIpc) is 3.18. The van der Waals surface area contributed by atoms with Gasteiger partial charge in [0.1, 0.15) is 0 Å². The molecule has 2 N–H and O–H groups in total. The molecule has 1 aromatic heterocycles. The van der Waals surface area contributed by atoms with Gasteiger partial charge < -0.3 is 15.5 Å². The fraction of sp³-hybridized carbons (Fsp3) is 0.565. The summed E-state index contributed by atoms with van der Waals surface area (Å²) >= 11 is 1.77. The van der Waals surface area contributed by atoms with E-state index in [4.69, 9.17) is 4.99 Å². The first-order chi connectivity index (χ1) is 14.7. The summed E-state index contributed by atoms with van der Waals surface area (Å²) in [6.07, 6.45) is 3.98. The van der Waals surface area contributed by atoms with Gasteiger partial charge in [-0.15, -0.1) is 11.3 Å². The number of piperazine rings is 1. The molecule has 0 radical (unpaired) electrons. The zero-order valence-electron chi connectivity index (χ0n) is 18.4. The van der Waals surface area contributed by atoms with Gasteiger partial charge in [0, 0.05) is 76.4 Å². The molecule has 30 heavy (non-hydrogen) atoms. The largest absolute Gasteiger partial charge is 0.357 e. The zero-order chi connectivity index (χ0) is 21.0. The van der Waals surface area contributed by atoms with Crippen LogP contribution in [-0.2, 0) is 13.0 Å². The normalized spacial score (nSPS) is 16.0. The molecule has 1 aliphatic rings. The lowest BCUT2D eigenvalue weighted by Gasteiger charge is -2.34. The van der Waals surface area contributed by atoms with Crippen LogP contribution < -0.4 is 10.6 Å². The van der Waals surface area contributed by atoms with Crippen LogP contribution in [0.25, 0.3) is 0 Å². The lowest BCUT2D eigenvalue weighted by Crippen LogP contribution is -2.46. The topological polar surface area (TPSA) is 55.8 Å². The number of hydrogen-bond acceptors (Lipinski definition) is 5. The Bertz CT molecular complexity index is 752. The van der Waals surface area contributed by atoms with Crippen molar-refractivity contribution in [1.82, 2.24) is 25.4 Å². The Balaban J connectivity index is 1.30. The summed E-state index contributed by atoms with van der Waals surface area (Å²) in [7, 11) is 0. The van der Waals surface area contributed by atoms with E-state index < -0.39 is 0 Å². The fourth-order valence-electron chi connectivity index (χ4n) is 3.64. The third kappa shape index (κ3) is 8.05. The summed E-state index contributed by atoms with van der Waals surface area (Å²) in [6.45, 7) is 13.6. The third-order valence-corrected chi connectivity index (χ3v) is 6.23. The number of nitrogens with one attached hydrogen (secondary N) is 2. The van der Waals surface area contributed by atoms with Crippen LogP contribution in [-0.4, -0.2) is 73.1 Å². The molecule has 2 heterocycles. The molecule has 0 aliphatic carbocycles. The van der Waals surface area contributed by atoms with Crippen molar-refractivity contribution in [2.75, 3.05) is 52.4 Å². The molecule has 0 unspecified atom stereocenters. The van der Waals surface area contributed by atoms with Crippen molar-refractivity contribution in [3.63, 3.8) is 0 Å². The van der Waals surface area contributed by atoms with E-state index >= 15 is 0 Å². The van der Waals surface area contributed by atoms with E-state index in [0.717, 1.165) is 77.7 Å². The highest BCUT2D eigenvalue weighted by atomic mass is 32.1. The fourth-order valence-corrected chi connectivity index (χ4v) is 4.43. The van der Waals surface area contributed by atoms with E-state index in [2.05, 4.69) is 69.6 Å². The van der Waals surface area contributed by atoms with Crippen LogP contribution in [0.4, 0.5) is 0 Å². The quantitative estimate of drug-likeness (QED) is 0.346. The highest BCUT2D eigenvalue weighted by Crippen LogP contribution is 2.11. The second-order valence-corrected chi connectivity index (χ2v) is 9.08. The molecule has 0 spiro atoms. The Morgan fingerprint density at radius 2 is 1.87 bits per heavy atom. The maximum atomic E-state index is 4.75. The van der Waals surface area contributed by atoms with E-state index in [0.29, 0.717) is 0 Å². The minimum Gasteiger partial charge on any atom is -0.357 e. The Morgan fingerprint density at radius 1 is 1.10 bits per heavy atom. The summed E-state index contributed by atoms with van der Waals surface area (Å²) < 4.78 is 0. The van der Waals surface area contributed by atoms with E-state index in [1.54, 1.807) is 11.3 Å². The molecule has 6 nitrogen and oxygen atoms in total. The molecule has 3 rings (SSSR count). The molecular formula is C23H36N6S. The van der Waals surface area contributed by atoms with Crippen molar-refractivity contribution in [3.8, 4) is 0 Å². The summed E-state index contributed by atoms with van der Waals surface area (Å²) in [4.78, 5) is 15.6. The third-order valence-electron chi connectivity index (χ3n) is 5.26. The van der Waals surface area contributed by atoms with Crippen molar-refractivity contribution in [2.24, 2.45) is 4.99 Å². The van der Waals surface area contributed by atoms with Gasteiger partial charge in [-0.3, -0.25) is 9.89 Å². The van der Waals surface area contributed by atoms with Crippen LogP contribution in [0.2, 0.25) is 0 Å². The molecule has 0 bridgehead atoms. The molecule has 1 aromatic carbocycles. The van der Waals surface area contributed by atoms with Crippen LogP contribution in [0.5, 0.6) is 0 Å². The number of guanidine groups is 1. The lowest BCUT2D eigenvalue weighted by molar-refractivity contribution is 0.127. The predicted molar refractivity (Wildman–Crippen MR) is 127 cm³/mol. The van der Waals surface area contributed by atoms with E-state index in [1.807, 2.05) is 6.20 Å². The minimum absolute atomic E-state index is 0.857.